The number of carbonyl (C=O) groups excluding carboxylic acids is 1. The quantitative estimate of drug-likeness (QED) is 0.440. The van der Waals surface area contributed by atoms with E-state index in [1.807, 2.05) is 13.8 Å². The monoisotopic (exact) mass is 239 g/mol. The predicted octanol–water partition coefficient (Wildman–Crippen LogP) is 2.66. The van der Waals surface area contributed by atoms with Crippen LogP contribution in [0.2, 0.25) is 0 Å². The molecule has 0 radical (unpaired) electrons. The molecule has 1 N–H and O–H groups in total. The van der Waals surface area contributed by atoms with Gasteiger partial charge in [0, 0.05) is 6.04 Å². The Bertz CT molecular complexity index is 251. The molecule has 17 heavy (non-hydrogen) atoms. The van der Waals surface area contributed by atoms with E-state index in [2.05, 4.69) is 17.5 Å². The lowest BCUT2D eigenvalue weighted by molar-refractivity contribution is -0.149. The number of carbonyl (C=O) groups is 1. The lowest BCUT2D eigenvalue weighted by Gasteiger charge is -2.28. The molecule has 0 spiro atoms. The summed E-state index contributed by atoms with van der Waals surface area (Å²) in [6.45, 7) is 5.41. The summed E-state index contributed by atoms with van der Waals surface area (Å²) in [6.07, 6.45) is 9.55. The third-order valence-electron chi connectivity index (χ3n) is 3.27. The molecule has 98 valence electrons. The Morgan fingerprint density at radius 2 is 2.29 bits per heavy atom. The van der Waals surface area contributed by atoms with Gasteiger partial charge in [-0.15, -0.1) is 0 Å². The Hall–Kier alpha value is -0.830. The van der Waals surface area contributed by atoms with E-state index < -0.39 is 0 Å². The summed E-state index contributed by atoms with van der Waals surface area (Å²) in [5, 5.41) is 3.52. The van der Waals surface area contributed by atoms with Gasteiger partial charge in [-0.25, -0.2) is 0 Å². The molecule has 0 heterocycles. The fourth-order valence-electron chi connectivity index (χ4n) is 2.39. The van der Waals surface area contributed by atoms with E-state index in [9.17, 15) is 4.79 Å². The first-order chi connectivity index (χ1) is 8.27. The number of rotatable bonds is 6. The number of esters is 1. The molecular formula is C14H25NO2. The average Bonchev–Trinajstić information content (AvgIpc) is 2.35. The van der Waals surface area contributed by atoms with Gasteiger partial charge in [0.05, 0.1) is 12.5 Å². The lowest BCUT2D eigenvalue weighted by Crippen LogP contribution is -2.37. The zero-order chi connectivity index (χ0) is 12.5. The van der Waals surface area contributed by atoms with Crippen LogP contribution in [0.1, 0.15) is 46.0 Å². The molecule has 1 rings (SSSR count). The van der Waals surface area contributed by atoms with Crippen molar-refractivity contribution in [2.75, 3.05) is 13.2 Å². The summed E-state index contributed by atoms with van der Waals surface area (Å²) < 4.78 is 5.09. The molecule has 1 fully saturated rings. The second kappa shape index (κ2) is 8.29. The predicted molar refractivity (Wildman–Crippen MR) is 69.8 cm³/mol. The highest BCUT2D eigenvalue weighted by Crippen LogP contribution is 2.25. The first-order valence-electron chi connectivity index (χ1n) is 6.79. The van der Waals surface area contributed by atoms with Crippen molar-refractivity contribution in [3.8, 4) is 0 Å². The summed E-state index contributed by atoms with van der Waals surface area (Å²) >= 11 is 0. The summed E-state index contributed by atoms with van der Waals surface area (Å²) in [7, 11) is 0. The molecule has 2 atom stereocenters. The second-order valence-electron chi connectivity index (χ2n) is 4.62. The molecular weight excluding hydrogens is 214 g/mol. The molecule has 0 bridgehead atoms. The Labute approximate surface area is 105 Å². The van der Waals surface area contributed by atoms with E-state index in [0.29, 0.717) is 12.6 Å². The van der Waals surface area contributed by atoms with E-state index in [-0.39, 0.29) is 11.9 Å². The number of allylic oxidation sites excluding steroid dienone is 1. The van der Waals surface area contributed by atoms with Crippen LogP contribution in [0.5, 0.6) is 0 Å². The molecule has 1 saturated carbocycles. The molecule has 0 aliphatic heterocycles. The van der Waals surface area contributed by atoms with Gasteiger partial charge >= 0.3 is 5.97 Å². The van der Waals surface area contributed by atoms with Crippen LogP contribution in [-0.4, -0.2) is 25.2 Å². The van der Waals surface area contributed by atoms with Crippen LogP contribution in [-0.2, 0) is 9.53 Å². The fourth-order valence-corrected chi connectivity index (χ4v) is 2.39. The van der Waals surface area contributed by atoms with Gasteiger partial charge in [0.1, 0.15) is 0 Å². The van der Waals surface area contributed by atoms with Crippen molar-refractivity contribution in [1.29, 1.82) is 0 Å². The molecule has 0 amide bonds. The maximum atomic E-state index is 11.7. The Kier molecular flexibility index (Phi) is 6.94. The van der Waals surface area contributed by atoms with Gasteiger partial charge in [0.2, 0.25) is 0 Å². The van der Waals surface area contributed by atoms with Gasteiger partial charge in [0.25, 0.3) is 0 Å². The van der Waals surface area contributed by atoms with Gasteiger partial charge in [-0.05, 0) is 46.1 Å². The molecule has 2 unspecified atom stereocenters. The largest absolute Gasteiger partial charge is 0.466 e. The van der Waals surface area contributed by atoms with Crippen LogP contribution in [0.3, 0.4) is 0 Å². The molecule has 0 aromatic heterocycles. The summed E-state index contributed by atoms with van der Waals surface area (Å²) in [6, 6.07) is 0.489. The molecule has 0 saturated heterocycles. The first-order valence-corrected chi connectivity index (χ1v) is 6.79. The minimum Gasteiger partial charge on any atom is -0.466 e. The first kappa shape index (κ1) is 14.2. The van der Waals surface area contributed by atoms with E-state index in [4.69, 9.17) is 4.74 Å². The summed E-state index contributed by atoms with van der Waals surface area (Å²) in [5.41, 5.74) is 0. The highest BCUT2D eigenvalue weighted by molar-refractivity contribution is 5.72. The van der Waals surface area contributed by atoms with Crippen molar-refractivity contribution in [2.45, 2.75) is 52.0 Å². The van der Waals surface area contributed by atoms with E-state index >= 15 is 0 Å². The Balaban J connectivity index is 2.25. The van der Waals surface area contributed by atoms with Crippen molar-refractivity contribution in [3.63, 3.8) is 0 Å². The molecule has 3 heteroatoms. The third-order valence-corrected chi connectivity index (χ3v) is 3.27. The van der Waals surface area contributed by atoms with Crippen LogP contribution in [0, 0.1) is 5.92 Å². The number of nitrogens with one attached hydrogen (secondary N) is 1. The molecule has 0 aromatic carbocycles. The van der Waals surface area contributed by atoms with Crippen LogP contribution < -0.4 is 5.32 Å². The van der Waals surface area contributed by atoms with Gasteiger partial charge < -0.3 is 10.1 Å². The topological polar surface area (TPSA) is 38.3 Å². The van der Waals surface area contributed by atoms with E-state index in [1.54, 1.807) is 0 Å². The molecule has 1 aliphatic carbocycles. The number of hydrogen-bond donors (Lipinski definition) is 1. The average molecular weight is 239 g/mol. The van der Waals surface area contributed by atoms with E-state index in [1.165, 1.54) is 6.42 Å². The zero-order valence-corrected chi connectivity index (χ0v) is 11.1. The van der Waals surface area contributed by atoms with E-state index in [0.717, 1.165) is 32.2 Å². The van der Waals surface area contributed by atoms with Gasteiger partial charge in [-0.1, -0.05) is 18.6 Å². The van der Waals surface area contributed by atoms with Crippen molar-refractivity contribution in [3.05, 3.63) is 12.2 Å². The van der Waals surface area contributed by atoms with Crippen LogP contribution in [0.15, 0.2) is 12.2 Å². The SMILES string of the molecule is C/C=C/CCNC1CCCC(C(=O)OCC)C1. The van der Waals surface area contributed by atoms with Crippen molar-refractivity contribution in [2.24, 2.45) is 5.92 Å². The smallest absolute Gasteiger partial charge is 0.308 e. The zero-order valence-electron chi connectivity index (χ0n) is 11.1. The third kappa shape index (κ3) is 5.35. The lowest BCUT2D eigenvalue weighted by atomic mass is 9.85. The normalized spacial score (nSPS) is 25.1. The van der Waals surface area contributed by atoms with Crippen LogP contribution in [0.4, 0.5) is 0 Å². The molecule has 3 nitrogen and oxygen atoms in total. The fraction of sp³-hybridized carbons (Fsp3) is 0.786. The second-order valence-corrected chi connectivity index (χ2v) is 4.62. The summed E-state index contributed by atoms with van der Waals surface area (Å²) in [4.78, 5) is 11.7. The van der Waals surface area contributed by atoms with Crippen LogP contribution >= 0.6 is 0 Å². The minimum absolute atomic E-state index is 0.00699. The minimum atomic E-state index is -0.00699. The van der Waals surface area contributed by atoms with Crippen molar-refractivity contribution < 1.29 is 9.53 Å². The van der Waals surface area contributed by atoms with Crippen LogP contribution in [0.25, 0.3) is 0 Å². The maximum Gasteiger partial charge on any atom is 0.308 e. The van der Waals surface area contributed by atoms with Crippen molar-refractivity contribution >= 4 is 5.97 Å². The Morgan fingerprint density at radius 3 is 3.00 bits per heavy atom. The number of hydrogen-bond acceptors (Lipinski definition) is 3. The maximum absolute atomic E-state index is 11.7. The molecule has 1 aliphatic rings. The standard InChI is InChI=1S/C14H25NO2/c1-3-5-6-10-15-13-9-7-8-12(11-13)14(16)17-4-2/h3,5,12-13,15H,4,6-11H2,1-2H3/b5-3+. The van der Waals surface area contributed by atoms with Gasteiger partial charge in [-0.2, -0.15) is 0 Å². The van der Waals surface area contributed by atoms with Crippen molar-refractivity contribution in [1.82, 2.24) is 5.32 Å². The molecule has 0 aromatic rings. The number of ether oxygens (including phenoxy) is 1. The highest BCUT2D eigenvalue weighted by Gasteiger charge is 2.27. The van der Waals surface area contributed by atoms with Gasteiger partial charge in [0.15, 0.2) is 0 Å². The van der Waals surface area contributed by atoms with Gasteiger partial charge in [-0.3, -0.25) is 4.79 Å². The summed E-state index contributed by atoms with van der Waals surface area (Å²) in [5.74, 6) is 0.107. The Morgan fingerprint density at radius 1 is 1.47 bits per heavy atom. The highest BCUT2D eigenvalue weighted by atomic mass is 16.5.